The van der Waals surface area contributed by atoms with E-state index in [1.54, 1.807) is 36.4 Å². The second-order valence-electron chi connectivity index (χ2n) is 3.44. The van der Waals surface area contributed by atoms with Gasteiger partial charge in [0.2, 0.25) is 0 Å². The van der Waals surface area contributed by atoms with Crippen LogP contribution in [0.25, 0.3) is 0 Å². The average molecular weight is 486 g/mol. The molecule has 2 rings (SSSR count). The summed E-state index contributed by atoms with van der Waals surface area (Å²) >= 11 is 22.0. The van der Waals surface area contributed by atoms with Gasteiger partial charge in [0.25, 0.3) is 0 Å². The van der Waals surface area contributed by atoms with Crippen LogP contribution in [0.2, 0.25) is 20.1 Å². The van der Waals surface area contributed by atoms with E-state index in [0.29, 0.717) is 31.6 Å². The zero-order valence-electron chi connectivity index (χ0n) is 10.0. The minimum absolute atomic E-state index is 0. The minimum Gasteiger partial charge on any atom is -1.00 e. The van der Waals surface area contributed by atoms with E-state index in [0.717, 1.165) is 0 Å². The molecule has 0 N–H and O–H groups in total. The molecule has 0 aliphatic rings. The van der Waals surface area contributed by atoms with E-state index in [1.165, 1.54) is 0 Å². The fourth-order valence-electron chi connectivity index (χ4n) is 1.23. The summed E-state index contributed by atoms with van der Waals surface area (Å²) in [6.07, 6.45) is 0. The Morgan fingerprint density at radius 3 is 1.38 bits per heavy atom. The Bertz CT molecular complexity index is 544. The maximum absolute atomic E-state index is 5.98. The molecule has 2 aromatic carbocycles. The molecule has 0 heterocycles. The molecular formula is C12H6Cl6O2Zr. The molecule has 9 heteroatoms. The standard InChI is InChI=1S/2C6H4Cl2O.2ClH.Zr/c2*7-4-1-2-6(9)5(8)3-4;;;/h2*1-3,9H;2*1H;/q;;;;+4/p-4. The van der Waals surface area contributed by atoms with Crippen molar-refractivity contribution in [3.8, 4) is 11.5 Å². The first-order valence-electron chi connectivity index (χ1n) is 5.05. The summed E-state index contributed by atoms with van der Waals surface area (Å²) < 4.78 is 11.1. The van der Waals surface area contributed by atoms with E-state index in [4.69, 9.17) is 52.0 Å². The third kappa shape index (κ3) is 6.75. The van der Waals surface area contributed by atoms with Gasteiger partial charge in [0.15, 0.2) is 0 Å². The first-order valence-corrected chi connectivity index (χ1v) is 8.57. The zero-order valence-corrected chi connectivity index (χ0v) is 17.0. The third-order valence-electron chi connectivity index (χ3n) is 2.09. The van der Waals surface area contributed by atoms with Gasteiger partial charge in [0, 0.05) is 0 Å². The van der Waals surface area contributed by atoms with Gasteiger partial charge in [-0.1, -0.05) is 0 Å². The monoisotopic (exact) mass is 482 g/mol. The Morgan fingerprint density at radius 2 is 1.05 bits per heavy atom. The SMILES string of the molecule is Clc1ccc([O][Zr+2][O]c2ccc(Cl)cc2Cl)c(Cl)c1.[Cl-].[Cl-]. The normalized spacial score (nSPS) is 8.95. The smallest absolute Gasteiger partial charge is 1.00 e. The van der Waals surface area contributed by atoms with Crippen molar-refractivity contribution in [2.75, 3.05) is 0 Å². The maximum atomic E-state index is 5.98. The van der Waals surface area contributed by atoms with Gasteiger partial charge < -0.3 is 24.8 Å². The molecule has 0 atom stereocenters. The van der Waals surface area contributed by atoms with Crippen molar-refractivity contribution in [3.63, 3.8) is 0 Å². The molecule has 0 radical (unpaired) electrons. The summed E-state index contributed by atoms with van der Waals surface area (Å²) in [5.74, 6) is 1.12. The van der Waals surface area contributed by atoms with Crippen LogP contribution in [0.1, 0.15) is 0 Å². The van der Waals surface area contributed by atoms with Crippen LogP contribution in [-0.4, -0.2) is 0 Å². The van der Waals surface area contributed by atoms with Gasteiger partial charge >= 0.3 is 144 Å². The molecule has 0 aliphatic heterocycles. The molecule has 0 saturated heterocycles. The predicted octanol–water partition coefficient (Wildman–Crippen LogP) is -0.321. The number of hydrogen-bond donors (Lipinski definition) is 0. The van der Waals surface area contributed by atoms with Gasteiger partial charge in [-0.3, -0.25) is 0 Å². The summed E-state index contributed by atoms with van der Waals surface area (Å²) in [5, 5.41) is 2.03. The van der Waals surface area contributed by atoms with Crippen molar-refractivity contribution in [2.24, 2.45) is 0 Å². The molecule has 0 fully saturated rings. The van der Waals surface area contributed by atoms with E-state index in [1.807, 2.05) is 0 Å². The first-order chi connectivity index (χ1) is 9.06. The van der Waals surface area contributed by atoms with Crippen LogP contribution >= 0.6 is 46.4 Å². The minimum atomic E-state index is -1.59. The largest absolute Gasteiger partial charge is 1.00 e. The molecular weight excluding hydrogens is 480 g/mol. The summed E-state index contributed by atoms with van der Waals surface area (Å²) in [6.45, 7) is 0. The van der Waals surface area contributed by atoms with Gasteiger partial charge in [-0.2, -0.15) is 0 Å². The number of halogens is 6. The topological polar surface area (TPSA) is 18.5 Å². The van der Waals surface area contributed by atoms with Crippen molar-refractivity contribution in [1.82, 2.24) is 0 Å². The first kappa shape index (κ1) is 21.7. The summed E-state index contributed by atoms with van der Waals surface area (Å²) in [7, 11) is 0. The number of benzene rings is 2. The van der Waals surface area contributed by atoms with Gasteiger partial charge in [-0.05, 0) is 0 Å². The predicted molar refractivity (Wildman–Crippen MR) is 74.2 cm³/mol. The maximum Gasteiger partial charge on any atom is -1.00 e. The third-order valence-corrected chi connectivity index (χ3v) is 4.64. The van der Waals surface area contributed by atoms with Crippen molar-refractivity contribution in [1.29, 1.82) is 0 Å². The Morgan fingerprint density at radius 1 is 0.667 bits per heavy atom. The van der Waals surface area contributed by atoms with E-state index < -0.39 is 24.1 Å². The molecule has 2 nitrogen and oxygen atoms in total. The van der Waals surface area contributed by atoms with Crippen LogP contribution in [0.15, 0.2) is 36.4 Å². The molecule has 0 amide bonds. The average Bonchev–Trinajstić information content (AvgIpc) is 2.34. The molecule has 0 saturated carbocycles. The van der Waals surface area contributed by atoms with Crippen LogP contribution in [0.3, 0.4) is 0 Å². The molecule has 0 aliphatic carbocycles. The van der Waals surface area contributed by atoms with Crippen LogP contribution in [-0.2, 0) is 24.1 Å². The Labute approximate surface area is 167 Å². The Balaban J connectivity index is 0.00000200. The van der Waals surface area contributed by atoms with E-state index in [-0.39, 0.29) is 24.8 Å². The molecule has 0 unspecified atom stereocenters. The molecule has 0 aromatic heterocycles. The molecule has 112 valence electrons. The molecule has 2 aromatic rings. The summed E-state index contributed by atoms with van der Waals surface area (Å²) in [4.78, 5) is 0. The van der Waals surface area contributed by atoms with Crippen LogP contribution in [0.4, 0.5) is 0 Å². The summed E-state index contributed by atoms with van der Waals surface area (Å²) in [5.41, 5.74) is 0. The second-order valence-corrected chi connectivity index (χ2v) is 6.54. The van der Waals surface area contributed by atoms with E-state index >= 15 is 0 Å². The molecule has 0 spiro atoms. The van der Waals surface area contributed by atoms with Crippen LogP contribution < -0.4 is 30.4 Å². The van der Waals surface area contributed by atoms with Gasteiger partial charge in [-0.15, -0.1) is 0 Å². The van der Waals surface area contributed by atoms with Crippen molar-refractivity contribution in [3.05, 3.63) is 56.5 Å². The van der Waals surface area contributed by atoms with Gasteiger partial charge in [0.1, 0.15) is 0 Å². The van der Waals surface area contributed by atoms with Crippen LogP contribution in [0.5, 0.6) is 11.5 Å². The summed E-state index contributed by atoms with van der Waals surface area (Å²) in [6, 6.07) is 10.1. The van der Waals surface area contributed by atoms with Crippen LogP contribution in [0, 0.1) is 0 Å². The van der Waals surface area contributed by atoms with E-state index in [9.17, 15) is 0 Å². The van der Waals surface area contributed by atoms with E-state index in [2.05, 4.69) is 0 Å². The van der Waals surface area contributed by atoms with Crippen molar-refractivity contribution >= 4 is 46.4 Å². The molecule has 0 bridgehead atoms. The Hall–Kier alpha value is 0.663. The fourth-order valence-corrected chi connectivity index (χ4v) is 3.86. The molecule has 21 heavy (non-hydrogen) atoms. The Kier molecular flexibility index (Phi) is 10.8. The number of hydrogen-bond acceptors (Lipinski definition) is 2. The zero-order chi connectivity index (χ0) is 13.8. The van der Waals surface area contributed by atoms with Gasteiger partial charge in [0.05, 0.1) is 0 Å². The van der Waals surface area contributed by atoms with Gasteiger partial charge in [-0.25, -0.2) is 0 Å². The second kappa shape index (κ2) is 10.4. The van der Waals surface area contributed by atoms with Crippen molar-refractivity contribution < 1.29 is 54.6 Å². The number of rotatable bonds is 4. The quantitative estimate of drug-likeness (QED) is 0.591. The van der Waals surface area contributed by atoms with Crippen molar-refractivity contribution in [2.45, 2.75) is 0 Å². The fraction of sp³-hybridized carbons (Fsp3) is 0.